The van der Waals surface area contributed by atoms with Crippen molar-refractivity contribution in [2.24, 2.45) is 11.3 Å². The largest absolute Gasteiger partial charge is 0.374 e. The molecule has 102 valence electrons. The second kappa shape index (κ2) is 6.75. The average Bonchev–Trinajstić information content (AvgIpc) is 2.14. The maximum atomic E-state index is 6.32. The van der Waals surface area contributed by atoms with Gasteiger partial charge in [0.2, 0.25) is 0 Å². The molecule has 0 saturated heterocycles. The Kier molecular flexibility index (Phi) is 5.94. The van der Waals surface area contributed by atoms with Gasteiger partial charge in [-0.1, -0.05) is 34.1 Å². The van der Waals surface area contributed by atoms with Crippen molar-refractivity contribution in [1.82, 2.24) is 5.32 Å². The molecule has 0 bridgehead atoms. The zero-order chi connectivity index (χ0) is 12.9. The van der Waals surface area contributed by atoms with E-state index in [9.17, 15) is 0 Å². The lowest BCUT2D eigenvalue weighted by molar-refractivity contribution is -0.0665. The molecule has 0 spiro atoms. The number of ether oxygens (including phenoxy) is 1. The Morgan fingerprint density at radius 1 is 1.35 bits per heavy atom. The molecule has 0 aromatic carbocycles. The molecule has 0 radical (unpaired) electrons. The highest BCUT2D eigenvalue weighted by atomic mass is 16.5. The van der Waals surface area contributed by atoms with E-state index in [0.29, 0.717) is 17.6 Å². The van der Waals surface area contributed by atoms with E-state index >= 15 is 0 Å². The molecule has 17 heavy (non-hydrogen) atoms. The minimum Gasteiger partial charge on any atom is -0.374 e. The number of hydrogen-bond acceptors (Lipinski definition) is 2. The van der Waals surface area contributed by atoms with E-state index in [1.54, 1.807) is 0 Å². The minimum absolute atomic E-state index is 0.399. The van der Waals surface area contributed by atoms with Crippen molar-refractivity contribution in [1.29, 1.82) is 0 Å². The van der Waals surface area contributed by atoms with Crippen LogP contribution in [0.15, 0.2) is 0 Å². The fourth-order valence-electron chi connectivity index (χ4n) is 3.40. The molecule has 0 aliphatic heterocycles. The highest BCUT2D eigenvalue weighted by Crippen LogP contribution is 2.40. The lowest BCUT2D eigenvalue weighted by Crippen LogP contribution is -2.37. The van der Waals surface area contributed by atoms with Crippen LogP contribution in [0.2, 0.25) is 0 Å². The van der Waals surface area contributed by atoms with Gasteiger partial charge in [-0.05, 0) is 44.1 Å². The lowest BCUT2D eigenvalue weighted by Gasteiger charge is -2.40. The van der Waals surface area contributed by atoms with Gasteiger partial charge in [-0.15, -0.1) is 0 Å². The number of rotatable bonds is 6. The predicted molar refractivity (Wildman–Crippen MR) is 74.3 cm³/mol. The van der Waals surface area contributed by atoms with Crippen molar-refractivity contribution >= 4 is 0 Å². The van der Waals surface area contributed by atoms with Gasteiger partial charge in [-0.25, -0.2) is 0 Å². The van der Waals surface area contributed by atoms with Crippen molar-refractivity contribution in [2.45, 2.75) is 72.0 Å². The molecule has 2 nitrogen and oxygen atoms in total. The van der Waals surface area contributed by atoms with Crippen molar-refractivity contribution < 1.29 is 4.74 Å². The molecule has 1 aliphatic rings. The summed E-state index contributed by atoms with van der Waals surface area (Å²) in [6, 6.07) is 0. The molecule has 1 saturated carbocycles. The quantitative estimate of drug-likeness (QED) is 0.767. The fraction of sp³-hybridized carbons (Fsp3) is 1.00. The van der Waals surface area contributed by atoms with E-state index in [2.05, 4.69) is 33.0 Å². The summed E-state index contributed by atoms with van der Waals surface area (Å²) in [4.78, 5) is 0. The fourth-order valence-corrected chi connectivity index (χ4v) is 3.40. The summed E-state index contributed by atoms with van der Waals surface area (Å²) in [6.07, 6.45) is 7.06. The molecular weight excluding hydrogens is 210 g/mol. The molecular formula is C15H31NO. The van der Waals surface area contributed by atoms with E-state index in [4.69, 9.17) is 4.74 Å². The number of hydrogen-bond donors (Lipinski definition) is 1. The van der Waals surface area contributed by atoms with Crippen LogP contribution in [0.1, 0.15) is 59.8 Å². The maximum Gasteiger partial charge on any atom is 0.0703 e. The monoisotopic (exact) mass is 241 g/mol. The van der Waals surface area contributed by atoms with Crippen LogP contribution < -0.4 is 5.32 Å². The highest BCUT2D eigenvalue weighted by Gasteiger charge is 2.33. The molecule has 3 atom stereocenters. The zero-order valence-corrected chi connectivity index (χ0v) is 12.4. The van der Waals surface area contributed by atoms with Gasteiger partial charge in [-0.2, -0.15) is 0 Å². The second-order valence-corrected chi connectivity index (χ2v) is 6.64. The predicted octanol–water partition coefficient (Wildman–Crippen LogP) is 3.61. The van der Waals surface area contributed by atoms with Crippen molar-refractivity contribution in [3.05, 3.63) is 0 Å². The molecule has 0 aromatic rings. The first-order chi connectivity index (χ1) is 7.96. The topological polar surface area (TPSA) is 21.3 Å². The Balaban J connectivity index is 2.47. The minimum atomic E-state index is 0.399. The molecule has 1 rings (SSSR count). The van der Waals surface area contributed by atoms with E-state index < -0.39 is 0 Å². The first kappa shape index (κ1) is 15.0. The summed E-state index contributed by atoms with van der Waals surface area (Å²) in [6.45, 7) is 10.3. The van der Waals surface area contributed by atoms with Crippen LogP contribution in [0, 0.1) is 11.3 Å². The molecule has 0 aromatic heterocycles. The van der Waals surface area contributed by atoms with Gasteiger partial charge in [0.15, 0.2) is 0 Å². The Morgan fingerprint density at radius 3 is 2.59 bits per heavy atom. The first-order valence-electron chi connectivity index (χ1n) is 7.27. The summed E-state index contributed by atoms with van der Waals surface area (Å²) in [7, 11) is 2.01. The summed E-state index contributed by atoms with van der Waals surface area (Å²) in [5.74, 6) is 0.806. The van der Waals surface area contributed by atoms with E-state index in [1.807, 2.05) is 7.05 Å². The van der Waals surface area contributed by atoms with Gasteiger partial charge in [0.1, 0.15) is 0 Å². The third-order valence-electron chi connectivity index (χ3n) is 3.77. The number of likely N-dealkylation sites (N-methyl/N-ethyl adjacent to an activating group) is 1. The van der Waals surface area contributed by atoms with Crippen molar-refractivity contribution in [3.63, 3.8) is 0 Å². The summed E-state index contributed by atoms with van der Waals surface area (Å²) in [5.41, 5.74) is 0.457. The van der Waals surface area contributed by atoms with Crippen LogP contribution in [0.3, 0.4) is 0 Å². The van der Waals surface area contributed by atoms with Gasteiger partial charge in [0.25, 0.3) is 0 Å². The number of nitrogens with one attached hydrogen (secondary N) is 1. The third kappa shape index (κ3) is 5.39. The van der Waals surface area contributed by atoms with Crippen LogP contribution in [0.25, 0.3) is 0 Å². The molecule has 3 unspecified atom stereocenters. The van der Waals surface area contributed by atoms with Gasteiger partial charge in [-0.3, -0.25) is 0 Å². The summed E-state index contributed by atoms with van der Waals surface area (Å²) in [5, 5.41) is 3.25. The lowest BCUT2D eigenvalue weighted by atomic mass is 9.71. The molecule has 1 N–H and O–H groups in total. The van der Waals surface area contributed by atoms with Crippen LogP contribution >= 0.6 is 0 Å². The Labute approximate surface area is 108 Å². The van der Waals surface area contributed by atoms with Gasteiger partial charge < -0.3 is 10.1 Å². The SMILES string of the molecule is CCCC(CNC)OC1CC(C)CC(C)(C)C1. The Hall–Kier alpha value is -0.0800. The smallest absolute Gasteiger partial charge is 0.0703 e. The van der Waals surface area contributed by atoms with Crippen LogP contribution in [0.5, 0.6) is 0 Å². The van der Waals surface area contributed by atoms with Gasteiger partial charge in [0.05, 0.1) is 12.2 Å². The summed E-state index contributed by atoms with van der Waals surface area (Å²) >= 11 is 0. The van der Waals surface area contributed by atoms with E-state index in [0.717, 1.165) is 12.5 Å². The van der Waals surface area contributed by atoms with E-state index in [1.165, 1.54) is 32.1 Å². The van der Waals surface area contributed by atoms with Crippen LogP contribution in [-0.4, -0.2) is 25.8 Å². The second-order valence-electron chi connectivity index (χ2n) is 6.64. The molecule has 0 heterocycles. The zero-order valence-electron chi connectivity index (χ0n) is 12.4. The normalized spacial score (nSPS) is 30.2. The summed E-state index contributed by atoms with van der Waals surface area (Å²) < 4.78 is 6.32. The molecule has 1 aliphatic carbocycles. The van der Waals surface area contributed by atoms with Crippen molar-refractivity contribution in [3.8, 4) is 0 Å². The highest BCUT2D eigenvalue weighted by molar-refractivity contribution is 4.84. The standard InChI is InChI=1S/C15H31NO/c1-6-7-13(11-16-5)17-14-8-12(2)9-15(3,4)10-14/h12-14,16H,6-11H2,1-5H3. The maximum absolute atomic E-state index is 6.32. The third-order valence-corrected chi connectivity index (χ3v) is 3.77. The molecule has 0 amide bonds. The van der Waals surface area contributed by atoms with Crippen molar-refractivity contribution in [2.75, 3.05) is 13.6 Å². The van der Waals surface area contributed by atoms with E-state index in [-0.39, 0.29) is 0 Å². The average molecular weight is 241 g/mol. The molecule has 2 heteroatoms. The van der Waals surface area contributed by atoms with Gasteiger partial charge in [0, 0.05) is 6.54 Å². The Morgan fingerprint density at radius 2 is 2.06 bits per heavy atom. The van der Waals surface area contributed by atoms with Crippen LogP contribution in [0.4, 0.5) is 0 Å². The first-order valence-corrected chi connectivity index (χ1v) is 7.27. The van der Waals surface area contributed by atoms with Crippen LogP contribution in [-0.2, 0) is 4.74 Å². The Bertz CT molecular complexity index is 209. The van der Waals surface area contributed by atoms with Gasteiger partial charge >= 0.3 is 0 Å². The molecule has 1 fully saturated rings.